The molecule has 0 aromatic carbocycles. The lowest BCUT2D eigenvalue weighted by molar-refractivity contribution is 0.202. The minimum absolute atomic E-state index is 0.375. The van der Waals surface area contributed by atoms with Crippen molar-refractivity contribution in [3.05, 3.63) is 22.9 Å². The van der Waals surface area contributed by atoms with Crippen LogP contribution >= 0.6 is 0 Å². The number of nitriles is 1. The summed E-state index contributed by atoms with van der Waals surface area (Å²) >= 11 is 0. The summed E-state index contributed by atoms with van der Waals surface area (Å²) in [6.07, 6.45) is 7.09. The van der Waals surface area contributed by atoms with E-state index in [1.54, 1.807) is 0 Å². The number of pyridine rings is 1. The highest BCUT2D eigenvalue weighted by atomic mass is 15.2. The second kappa shape index (κ2) is 4.01. The maximum atomic E-state index is 9.15. The first-order valence-electron chi connectivity index (χ1n) is 6.20. The molecule has 0 radical (unpaired) electrons. The molecule has 2 aliphatic rings. The first-order valence-corrected chi connectivity index (χ1v) is 6.20. The van der Waals surface area contributed by atoms with E-state index < -0.39 is 0 Å². The summed E-state index contributed by atoms with van der Waals surface area (Å²) in [4.78, 5) is 6.58. The Hall–Kier alpha value is -1.60. The normalized spacial score (nSPS) is 20.4. The van der Waals surface area contributed by atoms with Crippen molar-refractivity contribution in [1.29, 1.82) is 5.26 Å². The number of hydrogen-bond acceptors (Lipinski definition) is 4. The zero-order valence-electron chi connectivity index (χ0n) is 9.82. The predicted molar refractivity (Wildman–Crippen MR) is 64.9 cm³/mol. The minimum atomic E-state index is 0.375. The van der Waals surface area contributed by atoms with Gasteiger partial charge in [-0.25, -0.2) is 4.98 Å². The molecule has 0 spiro atoms. The van der Waals surface area contributed by atoms with Crippen LogP contribution in [0.2, 0.25) is 0 Å². The van der Waals surface area contributed by atoms with Crippen LogP contribution < -0.4 is 5.73 Å². The lowest BCUT2D eigenvalue weighted by atomic mass is 10.1. The molecule has 17 heavy (non-hydrogen) atoms. The van der Waals surface area contributed by atoms with Gasteiger partial charge in [0.1, 0.15) is 11.9 Å². The van der Waals surface area contributed by atoms with Crippen molar-refractivity contribution in [1.82, 2.24) is 9.88 Å². The van der Waals surface area contributed by atoms with Crippen LogP contribution in [0.25, 0.3) is 0 Å². The molecule has 1 aromatic rings. The molecule has 0 amide bonds. The lowest BCUT2D eigenvalue weighted by Crippen LogP contribution is -2.27. The third-order valence-electron chi connectivity index (χ3n) is 3.99. The summed E-state index contributed by atoms with van der Waals surface area (Å²) in [5.41, 5.74) is 8.62. The predicted octanol–water partition coefficient (Wildman–Crippen LogP) is 1.79. The number of hydrogen-bond donors (Lipinski definition) is 1. The Balaban J connectivity index is 1.90. The van der Waals surface area contributed by atoms with E-state index in [9.17, 15) is 0 Å². The van der Waals surface area contributed by atoms with Gasteiger partial charge in [0, 0.05) is 25.3 Å². The van der Waals surface area contributed by atoms with Crippen molar-refractivity contribution >= 4 is 5.82 Å². The molecule has 88 valence electrons. The molecule has 2 N–H and O–H groups in total. The van der Waals surface area contributed by atoms with E-state index >= 15 is 0 Å². The molecular formula is C13H16N4. The minimum Gasteiger partial charge on any atom is -0.383 e. The monoisotopic (exact) mass is 228 g/mol. The number of anilines is 1. The van der Waals surface area contributed by atoms with Crippen LogP contribution in [-0.4, -0.2) is 15.9 Å². The molecule has 0 saturated heterocycles. The van der Waals surface area contributed by atoms with Crippen LogP contribution in [0.15, 0.2) is 6.20 Å². The number of rotatable bonds is 1. The molecule has 1 fully saturated rings. The highest BCUT2D eigenvalue weighted by Crippen LogP contribution is 2.33. The fraction of sp³-hybridized carbons (Fsp3) is 0.538. The van der Waals surface area contributed by atoms with Gasteiger partial charge in [0.25, 0.3) is 0 Å². The van der Waals surface area contributed by atoms with E-state index in [1.165, 1.54) is 31.2 Å². The van der Waals surface area contributed by atoms with Crippen LogP contribution in [0.4, 0.5) is 5.82 Å². The highest BCUT2D eigenvalue weighted by Gasteiger charge is 2.30. The zero-order valence-corrected chi connectivity index (χ0v) is 9.82. The van der Waals surface area contributed by atoms with Crippen molar-refractivity contribution < 1.29 is 0 Å². The van der Waals surface area contributed by atoms with Crippen LogP contribution in [0, 0.1) is 11.3 Å². The van der Waals surface area contributed by atoms with Gasteiger partial charge in [-0.1, -0.05) is 12.8 Å². The standard InChI is InChI=1S/C13H16N4/c14-5-11-12-8-17(10-3-1-2-4-10)7-9(12)6-16-13(11)15/h6,10H,1-4,7-8H2,(H2,15,16). The van der Waals surface area contributed by atoms with Crippen molar-refractivity contribution in [2.24, 2.45) is 0 Å². The summed E-state index contributed by atoms with van der Waals surface area (Å²) in [5.74, 6) is 0.375. The largest absolute Gasteiger partial charge is 0.383 e. The van der Waals surface area contributed by atoms with Crippen LogP contribution in [0.1, 0.15) is 42.4 Å². The van der Waals surface area contributed by atoms with Crippen molar-refractivity contribution in [2.75, 3.05) is 5.73 Å². The average molecular weight is 228 g/mol. The number of aromatic nitrogens is 1. The fourth-order valence-electron chi connectivity index (χ4n) is 3.05. The molecule has 4 nitrogen and oxygen atoms in total. The van der Waals surface area contributed by atoms with Gasteiger partial charge in [-0.2, -0.15) is 5.26 Å². The SMILES string of the molecule is N#Cc1c(N)ncc2c1CN(C1CCCC1)C2. The summed E-state index contributed by atoms with van der Waals surface area (Å²) in [7, 11) is 0. The first-order chi connectivity index (χ1) is 8.29. The number of nitrogens with two attached hydrogens (primary N) is 1. The Morgan fingerprint density at radius 3 is 2.82 bits per heavy atom. The Morgan fingerprint density at radius 2 is 2.12 bits per heavy atom. The summed E-state index contributed by atoms with van der Waals surface area (Å²) < 4.78 is 0. The van der Waals surface area contributed by atoms with Gasteiger partial charge < -0.3 is 5.73 Å². The van der Waals surface area contributed by atoms with Crippen molar-refractivity contribution in [3.8, 4) is 6.07 Å². The summed E-state index contributed by atoms with van der Waals surface area (Å²) in [6.45, 7) is 1.80. The molecule has 1 aliphatic heterocycles. The molecule has 4 heteroatoms. The molecule has 0 unspecified atom stereocenters. The number of fused-ring (bicyclic) bond motifs is 1. The van der Waals surface area contributed by atoms with E-state index in [1.807, 2.05) is 6.20 Å². The summed E-state index contributed by atoms with van der Waals surface area (Å²) in [5, 5.41) is 9.15. The van der Waals surface area contributed by atoms with E-state index in [2.05, 4.69) is 16.0 Å². The van der Waals surface area contributed by atoms with E-state index in [-0.39, 0.29) is 0 Å². The molecule has 2 heterocycles. The Kier molecular flexibility index (Phi) is 2.49. The topological polar surface area (TPSA) is 65.9 Å². The average Bonchev–Trinajstić information content (AvgIpc) is 2.97. The second-order valence-electron chi connectivity index (χ2n) is 4.98. The number of nitrogen functional groups attached to an aromatic ring is 1. The van der Waals surface area contributed by atoms with E-state index in [0.29, 0.717) is 17.4 Å². The van der Waals surface area contributed by atoms with Gasteiger partial charge in [0.15, 0.2) is 0 Å². The molecule has 1 aliphatic carbocycles. The molecular weight excluding hydrogens is 212 g/mol. The smallest absolute Gasteiger partial charge is 0.141 e. The van der Waals surface area contributed by atoms with Crippen molar-refractivity contribution in [2.45, 2.75) is 44.8 Å². The van der Waals surface area contributed by atoms with Gasteiger partial charge in [0.05, 0.1) is 5.56 Å². The molecule has 0 atom stereocenters. The Labute approximate surface area is 101 Å². The van der Waals surface area contributed by atoms with Crippen molar-refractivity contribution in [3.63, 3.8) is 0 Å². The Bertz CT molecular complexity index is 483. The summed E-state index contributed by atoms with van der Waals surface area (Å²) in [6, 6.07) is 2.88. The first kappa shape index (κ1) is 10.5. The number of nitrogens with zero attached hydrogens (tertiary/aromatic N) is 3. The maximum Gasteiger partial charge on any atom is 0.141 e. The molecule has 1 saturated carbocycles. The molecule has 3 rings (SSSR count). The van der Waals surface area contributed by atoms with E-state index in [0.717, 1.165) is 18.7 Å². The maximum absolute atomic E-state index is 9.15. The fourth-order valence-corrected chi connectivity index (χ4v) is 3.05. The highest BCUT2D eigenvalue weighted by molar-refractivity contribution is 5.56. The van der Waals surface area contributed by atoms with Gasteiger partial charge >= 0.3 is 0 Å². The lowest BCUT2D eigenvalue weighted by Gasteiger charge is -2.22. The van der Waals surface area contributed by atoms with Gasteiger partial charge in [-0.3, -0.25) is 4.90 Å². The van der Waals surface area contributed by atoms with E-state index in [4.69, 9.17) is 11.0 Å². The molecule has 1 aromatic heterocycles. The Morgan fingerprint density at radius 1 is 1.35 bits per heavy atom. The quantitative estimate of drug-likeness (QED) is 0.795. The van der Waals surface area contributed by atoms with Crippen LogP contribution in [0.5, 0.6) is 0 Å². The third kappa shape index (κ3) is 1.67. The van der Waals surface area contributed by atoms with Gasteiger partial charge in [-0.15, -0.1) is 0 Å². The van der Waals surface area contributed by atoms with Gasteiger partial charge in [-0.05, 0) is 24.0 Å². The van der Waals surface area contributed by atoms with Crippen LogP contribution in [0.3, 0.4) is 0 Å². The molecule has 0 bridgehead atoms. The second-order valence-corrected chi connectivity index (χ2v) is 4.98. The van der Waals surface area contributed by atoms with Gasteiger partial charge in [0.2, 0.25) is 0 Å². The zero-order chi connectivity index (χ0) is 11.8. The third-order valence-corrected chi connectivity index (χ3v) is 3.99. The van der Waals surface area contributed by atoms with Crippen LogP contribution in [-0.2, 0) is 13.1 Å².